The second kappa shape index (κ2) is 11.4. The van der Waals surface area contributed by atoms with Crippen molar-refractivity contribution in [3.63, 3.8) is 0 Å². The number of hydrogen-bond acceptors (Lipinski definition) is 5. The van der Waals surface area contributed by atoms with Crippen molar-refractivity contribution in [3.05, 3.63) is 35.9 Å². The molecule has 0 heterocycles. The minimum absolute atomic E-state index is 0.194. The molecule has 0 aliphatic rings. The number of Topliss-reactive ketones (excluding diaryl/α,β-unsaturated/α-hetero) is 1. The van der Waals surface area contributed by atoms with Gasteiger partial charge in [-0.3, -0.25) is 4.79 Å². The maximum atomic E-state index is 12.4. The van der Waals surface area contributed by atoms with Gasteiger partial charge in [0.05, 0.1) is 7.11 Å². The molecule has 0 spiro atoms. The van der Waals surface area contributed by atoms with E-state index in [0.717, 1.165) is 37.7 Å². The zero-order valence-electron chi connectivity index (χ0n) is 14.8. The highest BCUT2D eigenvalue weighted by Crippen LogP contribution is 2.13. The number of benzene rings is 1. The Labute approximate surface area is 144 Å². The molecule has 0 saturated carbocycles. The molecule has 1 unspecified atom stereocenters. The van der Waals surface area contributed by atoms with Gasteiger partial charge in [0.1, 0.15) is 6.61 Å². The zero-order chi connectivity index (χ0) is 17.8. The van der Waals surface area contributed by atoms with E-state index in [1.54, 1.807) is 0 Å². The van der Waals surface area contributed by atoms with E-state index in [1.807, 2.05) is 37.3 Å². The van der Waals surface area contributed by atoms with E-state index in [9.17, 15) is 9.59 Å². The molecule has 1 rings (SSSR count). The second-order valence-corrected chi connectivity index (χ2v) is 5.81. The molecule has 0 bridgehead atoms. The van der Waals surface area contributed by atoms with Crippen LogP contribution in [-0.4, -0.2) is 24.6 Å². The van der Waals surface area contributed by atoms with Gasteiger partial charge < -0.3 is 9.57 Å². The minimum atomic E-state index is -0.756. The van der Waals surface area contributed by atoms with Gasteiger partial charge in [0.2, 0.25) is 5.71 Å². The molecule has 24 heavy (non-hydrogen) atoms. The average molecular weight is 333 g/mol. The van der Waals surface area contributed by atoms with Gasteiger partial charge in [0, 0.05) is 5.92 Å². The summed E-state index contributed by atoms with van der Waals surface area (Å²) >= 11 is 0. The van der Waals surface area contributed by atoms with Crippen LogP contribution in [0.1, 0.15) is 51.5 Å². The third-order valence-corrected chi connectivity index (χ3v) is 3.78. The zero-order valence-corrected chi connectivity index (χ0v) is 14.8. The number of unbranched alkanes of at least 4 members (excludes halogenated alkanes) is 3. The maximum absolute atomic E-state index is 12.4. The fourth-order valence-electron chi connectivity index (χ4n) is 2.27. The Hall–Kier alpha value is -2.17. The van der Waals surface area contributed by atoms with Gasteiger partial charge in [-0.2, -0.15) is 0 Å². The van der Waals surface area contributed by atoms with E-state index in [2.05, 4.69) is 16.8 Å². The Morgan fingerprint density at radius 3 is 2.46 bits per heavy atom. The van der Waals surface area contributed by atoms with Crippen molar-refractivity contribution in [2.24, 2.45) is 11.1 Å². The molecule has 0 radical (unpaired) electrons. The summed E-state index contributed by atoms with van der Waals surface area (Å²) in [6.07, 6.45) is 5.07. The number of esters is 1. The number of oxime groups is 1. The van der Waals surface area contributed by atoms with E-state index >= 15 is 0 Å². The topological polar surface area (TPSA) is 65.0 Å². The molecule has 0 amide bonds. The van der Waals surface area contributed by atoms with E-state index in [4.69, 9.17) is 4.84 Å². The molecule has 5 nitrogen and oxygen atoms in total. The first-order valence-electron chi connectivity index (χ1n) is 8.46. The van der Waals surface area contributed by atoms with Crippen LogP contribution in [0, 0.1) is 5.92 Å². The summed E-state index contributed by atoms with van der Waals surface area (Å²) in [4.78, 5) is 29.4. The standard InChI is InChI=1S/C19H27NO4/c1-4-5-6-8-11-15(2)18(21)17(19(22)23-3)20-24-14-16-12-9-7-10-13-16/h7,9-10,12-13,15H,4-6,8,11,14H2,1-3H3/b20-17-. The third-order valence-electron chi connectivity index (χ3n) is 3.78. The Kier molecular flexibility index (Phi) is 9.42. The van der Waals surface area contributed by atoms with Crippen LogP contribution in [0.2, 0.25) is 0 Å². The molecule has 1 aromatic carbocycles. The average Bonchev–Trinajstić information content (AvgIpc) is 2.62. The summed E-state index contributed by atoms with van der Waals surface area (Å²) in [5, 5.41) is 3.75. The van der Waals surface area contributed by atoms with Crippen LogP contribution in [0.5, 0.6) is 0 Å². The first-order valence-corrected chi connectivity index (χ1v) is 8.46. The Morgan fingerprint density at radius 1 is 1.12 bits per heavy atom. The van der Waals surface area contributed by atoms with E-state index in [1.165, 1.54) is 7.11 Å². The molecule has 0 aromatic heterocycles. The molecule has 1 atom stereocenters. The lowest BCUT2D eigenvalue weighted by Gasteiger charge is -2.11. The van der Waals surface area contributed by atoms with Gasteiger partial charge in [0.15, 0.2) is 5.78 Å². The normalized spacial score (nSPS) is 12.5. The van der Waals surface area contributed by atoms with Crippen molar-refractivity contribution in [1.29, 1.82) is 0 Å². The van der Waals surface area contributed by atoms with Gasteiger partial charge in [-0.1, -0.05) is 75.0 Å². The van der Waals surface area contributed by atoms with Gasteiger partial charge in [-0.15, -0.1) is 0 Å². The van der Waals surface area contributed by atoms with Crippen LogP contribution in [-0.2, 0) is 25.8 Å². The van der Waals surface area contributed by atoms with Crippen LogP contribution in [0.15, 0.2) is 35.5 Å². The van der Waals surface area contributed by atoms with Crippen LogP contribution < -0.4 is 0 Å². The maximum Gasteiger partial charge on any atom is 0.363 e. The molecule has 0 aliphatic carbocycles. The minimum Gasteiger partial charge on any atom is -0.464 e. The Bertz CT molecular complexity index is 540. The van der Waals surface area contributed by atoms with Crippen molar-refractivity contribution < 1.29 is 19.2 Å². The van der Waals surface area contributed by atoms with Crippen LogP contribution in [0.4, 0.5) is 0 Å². The lowest BCUT2D eigenvalue weighted by atomic mass is 9.95. The highest BCUT2D eigenvalue weighted by atomic mass is 16.6. The van der Waals surface area contributed by atoms with Crippen molar-refractivity contribution in [3.8, 4) is 0 Å². The first kappa shape index (κ1) is 19.9. The number of rotatable bonds is 11. The Balaban J connectivity index is 2.64. The highest BCUT2D eigenvalue weighted by molar-refractivity contribution is 6.64. The molecular formula is C19H27NO4. The summed E-state index contributed by atoms with van der Waals surface area (Å²) < 4.78 is 4.66. The number of carbonyl (C=O) groups is 2. The predicted octanol–water partition coefficient (Wildman–Crippen LogP) is 3.91. The molecule has 0 fully saturated rings. The number of hydrogen-bond donors (Lipinski definition) is 0. The van der Waals surface area contributed by atoms with Gasteiger partial charge in [-0.05, 0) is 12.0 Å². The molecule has 5 heteroatoms. The number of nitrogens with zero attached hydrogens (tertiary/aromatic N) is 1. The van der Waals surface area contributed by atoms with Gasteiger partial charge in [0.25, 0.3) is 0 Å². The summed E-state index contributed by atoms with van der Waals surface area (Å²) in [7, 11) is 1.23. The fraction of sp³-hybridized carbons (Fsp3) is 0.526. The lowest BCUT2D eigenvalue weighted by Crippen LogP contribution is -2.30. The molecular weight excluding hydrogens is 306 g/mol. The van der Waals surface area contributed by atoms with E-state index in [-0.39, 0.29) is 24.0 Å². The number of carbonyl (C=O) groups excluding carboxylic acids is 2. The Morgan fingerprint density at radius 2 is 1.83 bits per heavy atom. The monoisotopic (exact) mass is 333 g/mol. The highest BCUT2D eigenvalue weighted by Gasteiger charge is 2.27. The summed E-state index contributed by atoms with van der Waals surface area (Å²) in [5.41, 5.74) is 0.641. The molecule has 0 N–H and O–H groups in total. The molecule has 132 valence electrons. The number of methoxy groups -OCH3 is 1. The van der Waals surface area contributed by atoms with E-state index < -0.39 is 5.97 Å². The number of ether oxygens (including phenoxy) is 1. The van der Waals surface area contributed by atoms with Crippen LogP contribution in [0.25, 0.3) is 0 Å². The molecule has 1 aromatic rings. The fourth-order valence-corrected chi connectivity index (χ4v) is 2.27. The van der Waals surface area contributed by atoms with E-state index in [0.29, 0.717) is 0 Å². The lowest BCUT2D eigenvalue weighted by molar-refractivity contribution is -0.134. The summed E-state index contributed by atoms with van der Waals surface area (Å²) in [6, 6.07) is 9.42. The van der Waals surface area contributed by atoms with Crippen LogP contribution in [0.3, 0.4) is 0 Å². The van der Waals surface area contributed by atoms with Crippen molar-refractivity contribution in [2.45, 2.75) is 52.6 Å². The second-order valence-electron chi connectivity index (χ2n) is 5.81. The smallest absolute Gasteiger partial charge is 0.363 e. The van der Waals surface area contributed by atoms with Gasteiger partial charge >= 0.3 is 5.97 Å². The molecule has 0 aliphatic heterocycles. The number of ketones is 1. The quantitative estimate of drug-likeness (QED) is 0.202. The molecule has 0 saturated heterocycles. The third kappa shape index (κ3) is 6.94. The van der Waals surface area contributed by atoms with Crippen molar-refractivity contribution in [2.75, 3.05) is 7.11 Å². The summed E-state index contributed by atoms with van der Waals surface area (Å²) in [6.45, 7) is 4.14. The first-order chi connectivity index (χ1) is 11.6. The summed E-state index contributed by atoms with van der Waals surface area (Å²) in [5.74, 6) is -1.36. The van der Waals surface area contributed by atoms with Crippen molar-refractivity contribution >= 4 is 17.5 Å². The van der Waals surface area contributed by atoms with Crippen molar-refractivity contribution in [1.82, 2.24) is 0 Å². The largest absolute Gasteiger partial charge is 0.464 e. The van der Waals surface area contributed by atoms with Gasteiger partial charge in [-0.25, -0.2) is 4.79 Å². The predicted molar refractivity (Wildman–Crippen MR) is 93.6 cm³/mol. The SMILES string of the molecule is CCCCCCC(C)C(=O)/C(=N/OCc1ccccc1)C(=O)OC. The van der Waals surface area contributed by atoms with Crippen LogP contribution >= 0.6 is 0 Å².